The third-order valence-corrected chi connectivity index (χ3v) is 17.6. The van der Waals surface area contributed by atoms with Crippen LogP contribution in [0.25, 0.3) is 160 Å². The molecule has 11 heteroatoms. The molecule has 0 atom stereocenters. The van der Waals surface area contributed by atoms with E-state index in [1.165, 1.54) is 6.07 Å². The minimum Gasteiger partial charge on any atom is -0.308 e. The van der Waals surface area contributed by atoms with Crippen LogP contribution >= 0.6 is 0 Å². The summed E-state index contributed by atoms with van der Waals surface area (Å²) in [6.45, 7) is 8.41. The van der Waals surface area contributed by atoms with E-state index in [1.807, 2.05) is 170 Å². The first-order chi connectivity index (χ1) is 46.2. The second-order valence-corrected chi connectivity index (χ2v) is 23.0. The predicted octanol–water partition coefficient (Wildman–Crippen LogP) is 21.9. The third kappa shape index (κ3) is 9.89. The molecular formula is C83H49F3N8. The second kappa shape index (κ2) is 23.2. The number of hydrogen-bond donors (Lipinski definition) is 0. The van der Waals surface area contributed by atoms with Gasteiger partial charge in [-0.3, -0.25) is 19.9 Å². The average Bonchev–Trinajstić information content (AvgIpc) is 1.53. The lowest BCUT2D eigenvalue weighted by Gasteiger charge is -2.22. The first kappa shape index (κ1) is 56.4. The Morgan fingerprint density at radius 1 is 0.340 bits per heavy atom. The summed E-state index contributed by atoms with van der Waals surface area (Å²) < 4.78 is 51.5. The highest BCUT2D eigenvalue weighted by molar-refractivity contribution is 6.15. The third-order valence-electron chi connectivity index (χ3n) is 17.6. The summed E-state index contributed by atoms with van der Waals surface area (Å²) in [5.74, 6) is 0. The van der Waals surface area contributed by atoms with Gasteiger partial charge in [0.15, 0.2) is 5.69 Å². The molecule has 16 aromatic rings. The molecule has 16 rings (SSSR count). The molecule has 0 amide bonds. The quantitative estimate of drug-likeness (QED) is 0.120. The van der Waals surface area contributed by atoms with Crippen molar-refractivity contribution in [1.82, 2.24) is 29.1 Å². The van der Waals surface area contributed by atoms with E-state index >= 15 is 13.2 Å². The van der Waals surface area contributed by atoms with E-state index < -0.39 is 11.7 Å². The van der Waals surface area contributed by atoms with Gasteiger partial charge in [0, 0.05) is 102 Å². The van der Waals surface area contributed by atoms with Crippen molar-refractivity contribution in [2.45, 2.75) is 6.18 Å². The van der Waals surface area contributed by atoms with Gasteiger partial charge in [0.2, 0.25) is 0 Å². The Bertz CT molecular complexity index is 5160. The molecule has 0 radical (unpaired) electrons. The lowest BCUT2D eigenvalue weighted by atomic mass is 9.95. The molecule has 6 heterocycles. The number of nitriles is 1. The van der Waals surface area contributed by atoms with Gasteiger partial charge in [0.1, 0.15) is 0 Å². The highest BCUT2D eigenvalue weighted by atomic mass is 19.4. The number of fused-ring (bicyclic) bond motifs is 6. The standard InChI is InChI=1S/C83H49F3N8/c1-88-63-45-61(44-62(50-63)83(84,85)86)78-76(93-72-46-57(64-26-14-38-89-79(64)53-18-6-2-7-19-53)30-34-68(72)69-35-31-58(47-73(69)93)65-27-15-39-90-80(65)54-20-8-3-9-21-54)42-52(51-87)43-77(78)94-74-48-59(66-28-16-40-91-81(66)55-22-10-4-11-23-55)32-36-70(74)71-37-33-60(49-75(71)94)67-29-17-41-92-82(67)56-24-12-5-13-25-56/h2-50H. The maximum absolute atomic E-state index is 15.8. The van der Waals surface area contributed by atoms with Crippen LogP contribution in [0, 0.1) is 17.9 Å². The molecule has 0 saturated heterocycles. The van der Waals surface area contributed by atoms with Crippen molar-refractivity contribution >= 4 is 49.3 Å². The smallest absolute Gasteiger partial charge is 0.308 e. The molecule has 0 aliphatic heterocycles. The lowest BCUT2D eigenvalue weighted by Crippen LogP contribution is -2.08. The molecule has 10 aromatic carbocycles. The largest absolute Gasteiger partial charge is 0.415 e. The first-order valence-electron chi connectivity index (χ1n) is 30.6. The Balaban J connectivity index is 1.07. The molecule has 0 aliphatic rings. The van der Waals surface area contributed by atoms with Crippen molar-refractivity contribution in [1.29, 1.82) is 5.26 Å². The van der Waals surface area contributed by atoms with Crippen LogP contribution in [0.5, 0.6) is 0 Å². The Morgan fingerprint density at radius 2 is 0.660 bits per heavy atom. The molecule has 442 valence electrons. The number of halogens is 3. The Hall–Kier alpha value is -12.8. The fourth-order valence-electron chi connectivity index (χ4n) is 13.4. The van der Waals surface area contributed by atoms with Gasteiger partial charge >= 0.3 is 6.18 Å². The zero-order valence-electron chi connectivity index (χ0n) is 50.0. The molecule has 0 N–H and O–H groups in total. The van der Waals surface area contributed by atoms with E-state index in [0.29, 0.717) is 39.0 Å². The van der Waals surface area contributed by atoms with Gasteiger partial charge in [0.05, 0.1) is 74.4 Å². The summed E-state index contributed by atoms with van der Waals surface area (Å²) in [6.07, 6.45) is 2.24. The summed E-state index contributed by atoms with van der Waals surface area (Å²) in [7, 11) is 0. The summed E-state index contributed by atoms with van der Waals surface area (Å²) >= 11 is 0. The highest BCUT2D eigenvalue weighted by Crippen LogP contribution is 2.49. The van der Waals surface area contributed by atoms with Crippen LogP contribution in [0.4, 0.5) is 18.9 Å². The van der Waals surface area contributed by atoms with E-state index in [9.17, 15) is 5.26 Å². The van der Waals surface area contributed by atoms with Gasteiger partial charge in [-0.2, -0.15) is 18.4 Å². The number of alkyl halides is 3. The number of pyridine rings is 4. The fraction of sp³-hybridized carbons (Fsp3) is 0.0120. The van der Waals surface area contributed by atoms with Crippen LogP contribution in [0.2, 0.25) is 0 Å². The number of nitrogens with zero attached hydrogens (tertiary/aromatic N) is 8. The summed E-state index contributed by atoms with van der Waals surface area (Å²) in [4.78, 5) is 23.5. The molecule has 8 nitrogen and oxygen atoms in total. The number of benzene rings is 10. The summed E-state index contributed by atoms with van der Waals surface area (Å²) in [6, 6.07) is 90.4. The molecule has 0 bridgehead atoms. The van der Waals surface area contributed by atoms with E-state index in [-0.39, 0.29) is 16.8 Å². The average molecular weight is 1220 g/mol. The molecule has 0 spiro atoms. The van der Waals surface area contributed by atoms with Crippen LogP contribution < -0.4 is 0 Å². The van der Waals surface area contributed by atoms with Crippen LogP contribution in [0.3, 0.4) is 0 Å². The van der Waals surface area contributed by atoms with Crippen molar-refractivity contribution in [3.05, 3.63) is 320 Å². The second-order valence-electron chi connectivity index (χ2n) is 23.0. The van der Waals surface area contributed by atoms with Crippen molar-refractivity contribution < 1.29 is 13.2 Å². The number of hydrogen-bond acceptors (Lipinski definition) is 5. The van der Waals surface area contributed by atoms with E-state index in [2.05, 4.69) is 92.8 Å². The lowest BCUT2D eigenvalue weighted by molar-refractivity contribution is -0.137. The first-order valence-corrected chi connectivity index (χ1v) is 30.6. The summed E-state index contributed by atoms with van der Waals surface area (Å²) in [5.41, 5.74) is 16.5. The normalized spacial score (nSPS) is 11.5. The van der Waals surface area contributed by atoms with E-state index in [4.69, 9.17) is 26.5 Å². The number of aromatic nitrogens is 6. The van der Waals surface area contributed by atoms with Gasteiger partial charge in [0.25, 0.3) is 0 Å². The molecule has 0 aliphatic carbocycles. The molecule has 94 heavy (non-hydrogen) atoms. The van der Waals surface area contributed by atoms with Crippen molar-refractivity contribution in [2.75, 3.05) is 0 Å². The Labute approximate surface area is 538 Å². The zero-order chi connectivity index (χ0) is 63.4. The van der Waals surface area contributed by atoms with Gasteiger partial charge in [-0.25, -0.2) is 4.85 Å². The van der Waals surface area contributed by atoms with Crippen LogP contribution in [0.15, 0.2) is 298 Å². The maximum Gasteiger partial charge on any atom is 0.415 e. The monoisotopic (exact) mass is 1210 g/mol. The van der Waals surface area contributed by atoms with E-state index in [1.54, 1.807) is 36.9 Å². The van der Waals surface area contributed by atoms with Gasteiger partial charge in [-0.15, -0.1) is 0 Å². The van der Waals surface area contributed by atoms with Gasteiger partial charge in [-0.1, -0.05) is 194 Å². The van der Waals surface area contributed by atoms with Gasteiger partial charge < -0.3 is 9.13 Å². The molecule has 0 saturated carbocycles. The van der Waals surface area contributed by atoms with Crippen LogP contribution in [-0.4, -0.2) is 29.1 Å². The summed E-state index contributed by atoms with van der Waals surface area (Å²) in [5, 5.41) is 15.0. The minimum absolute atomic E-state index is 0.106. The maximum atomic E-state index is 15.8. The highest BCUT2D eigenvalue weighted by Gasteiger charge is 2.33. The van der Waals surface area contributed by atoms with Gasteiger partial charge in [-0.05, 0) is 107 Å². The molecule has 0 fully saturated rings. The van der Waals surface area contributed by atoms with Crippen molar-refractivity contribution in [3.63, 3.8) is 0 Å². The predicted molar refractivity (Wildman–Crippen MR) is 371 cm³/mol. The van der Waals surface area contributed by atoms with E-state index in [0.717, 1.165) is 123 Å². The minimum atomic E-state index is -4.86. The Morgan fingerprint density at radius 3 is 0.947 bits per heavy atom. The zero-order valence-corrected chi connectivity index (χ0v) is 50.0. The fourth-order valence-corrected chi connectivity index (χ4v) is 13.4. The molecule has 0 unspecified atom stereocenters. The topological polar surface area (TPSA) is 89.6 Å². The molecule has 6 aromatic heterocycles. The van der Waals surface area contributed by atoms with Crippen molar-refractivity contribution in [2.24, 2.45) is 0 Å². The van der Waals surface area contributed by atoms with Crippen molar-refractivity contribution in [3.8, 4) is 118 Å². The Kier molecular flexibility index (Phi) is 13.9. The number of rotatable bonds is 11. The molecular weight excluding hydrogens is 1170 g/mol. The van der Waals surface area contributed by atoms with Crippen LogP contribution in [0.1, 0.15) is 11.1 Å². The SMILES string of the molecule is [C-]#[N+]c1cc(-c2c(-n3c4cc(-c5cccnc5-c5ccccc5)ccc4c4ccc(-c5cccnc5-c5ccccc5)cc43)cc(C#N)cc2-n2c3cc(-c4cccnc4-c4ccccc4)ccc3c3ccc(-c4cccnc4-c4ccccc4)cc32)cc(C(F)(F)F)c1. The van der Waals surface area contributed by atoms with Crippen LogP contribution in [-0.2, 0) is 6.18 Å².